The molecule has 1 unspecified atom stereocenters. The number of aliphatic hydroxyl groups excluding tert-OH is 1. The topological polar surface area (TPSA) is 20.2 Å². The lowest BCUT2D eigenvalue weighted by Crippen LogP contribution is -2.11. The zero-order chi connectivity index (χ0) is 10.5. The van der Waals surface area contributed by atoms with Crippen molar-refractivity contribution >= 4 is 11.8 Å². The van der Waals surface area contributed by atoms with Crippen LogP contribution in [-0.4, -0.2) is 17.0 Å². The van der Waals surface area contributed by atoms with Crippen molar-refractivity contribution in [3.8, 4) is 0 Å². The molecule has 0 aliphatic heterocycles. The minimum absolute atomic E-state index is 0.252. The molecule has 1 nitrogen and oxygen atoms in total. The molecule has 0 bridgehead atoms. The molecule has 0 aromatic heterocycles. The molecule has 2 heteroatoms. The third-order valence-corrected chi connectivity index (χ3v) is 3.74. The van der Waals surface area contributed by atoms with Crippen molar-refractivity contribution in [2.75, 3.05) is 5.75 Å². The van der Waals surface area contributed by atoms with Crippen molar-refractivity contribution in [2.45, 2.75) is 30.3 Å². The predicted octanol–water partition coefficient (Wildman–Crippen LogP) is 3.25. The fraction of sp³-hybridized carbons (Fsp3) is 0.385. The Hall–Kier alpha value is -0.730. The highest BCUT2D eigenvalue weighted by atomic mass is 32.2. The number of benzene rings is 1. The van der Waals surface area contributed by atoms with E-state index < -0.39 is 0 Å². The van der Waals surface area contributed by atoms with E-state index in [2.05, 4.69) is 18.2 Å². The SMILES string of the molecule is OC(CSc1ccccc1)C1=CCCC1. The first-order chi connectivity index (χ1) is 7.36. The van der Waals surface area contributed by atoms with Gasteiger partial charge in [-0.15, -0.1) is 11.8 Å². The first-order valence-corrected chi connectivity index (χ1v) is 6.39. The predicted molar refractivity (Wildman–Crippen MR) is 65.1 cm³/mol. The van der Waals surface area contributed by atoms with Crippen LogP contribution in [-0.2, 0) is 0 Å². The zero-order valence-electron chi connectivity index (χ0n) is 8.73. The van der Waals surface area contributed by atoms with E-state index in [1.54, 1.807) is 11.8 Å². The third kappa shape index (κ3) is 3.11. The van der Waals surface area contributed by atoms with E-state index >= 15 is 0 Å². The average molecular weight is 220 g/mol. The molecule has 80 valence electrons. The number of rotatable bonds is 4. The first kappa shape index (κ1) is 10.8. The van der Waals surface area contributed by atoms with Crippen LogP contribution in [0.4, 0.5) is 0 Å². The van der Waals surface area contributed by atoms with Crippen molar-refractivity contribution < 1.29 is 5.11 Å². The molecule has 0 radical (unpaired) electrons. The largest absolute Gasteiger partial charge is 0.388 e. The van der Waals surface area contributed by atoms with Gasteiger partial charge in [0.2, 0.25) is 0 Å². The Morgan fingerprint density at radius 3 is 2.73 bits per heavy atom. The fourth-order valence-corrected chi connectivity index (χ4v) is 2.71. The molecule has 0 saturated heterocycles. The van der Waals surface area contributed by atoms with Crippen LogP contribution < -0.4 is 0 Å². The smallest absolute Gasteiger partial charge is 0.0844 e. The normalized spacial score (nSPS) is 17.5. The first-order valence-electron chi connectivity index (χ1n) is 5.41. The molecular formula is C13H16OS. The van der Waals surface area contributed by atoms with Gasteiger partial charge in [0.25, 0.3) is 0 Å². The number of thioether (sulfide) groups is 1. The summed E-state index contributed by atoms with van der Waals surface area (Å²) in [5, 5.41) is 9.92. The summed E-state index contributed by atoms with van der Waals surface area (Å²) >= 11 is 1.72. The molecule has 1 N–H and O–H groups in total. The Labute approximate surface area is 95.2 Å². The van der Waals surface area contributed by atoms with Crippen LogP contribution >= 0.6 is 11.8 Å². The van der Waals surface area contributed by atoms with E-state index in [4.69, 9.17) is 0 Å². The molecule has 1 aliphatic carbocycles. The Morgan fingerprint density at radius 2 is 2.07 bits per heavy atom. The fourth-order valence-electron chi connectivity index (χ4n) is 1.80. The minimum atomic E-state index is -0.252. The van der Waals surface area contributed by atoms with Crippen molar-refractivity contribution in [1.82, 2.24) is 0 Å². The van der Waals surface area contributed by atoms with Gasteiger partial charge in [0, 0.05) is 10.6 Å². The monoisotopic (exact) mass is 220 g/mol. The highest BCUT2D eigenvalue weighted by Gasteiger charge is 2.14. The van der Waals surface area contributed by atoms with E-state index in [9.17, 15) is 5.11 Å². The molecular weight excluding hydrogens is 204 g/mol. The van der Waals surface area contributed by atoms with Gasteiger partial charge < -0.3 is 5.11 Å². The lowest BCUT2D eigenvalue weighted by Gasteiger charge is -2.11. The van der Waals surface area contributed by atoms with Crippen molar-refractivity contribution in [3.05, 3.63) is 42.0 Å². The molecule has 0 heterocycles. The summed E-state index contributed by atoms with van der Waals surface area (Å²) in [5.74, 6) is 0.774. The molecule has 0 amide bonds. The summed E-state index contributed by atoms with van der Waals surface area (Å²) in [4.78, 5) is 1.23. The lowest BCUT2D eigenvalue weighted by molar-refractivity contribution is 0.233. The van der Waals surface area contributed by atoms with E-state index in [0.717, 1.165) is 18.6 Å². The highest BCUT2D eigenvalue weighted by molar-refractivity contribution is 7.99. The van der Waals surface area contributed by atoms with Gasteiger partial charge in [-0.1, -0.05) is 24.3 Å². The molecule has 2 rings (SSSR count). The summed E-state index contributed by atoms with van der Waals surface area (Å²) < 4.78 is 0. The summed E-state index contributed by atoms with van der Waals surface area (Å²) in [6.45, 7) is 0. The number of allylic oxidation sites excluding steroid dienone is 1. The average Bonchev–Trinajstić information content (AvgIpc) is 2.81. The van der Waals surface area contributed by atoms with Crippen LogP contribution in [0.25, 0.3) is 0 Å². The molecule has 0 spiro atoms. The quantitative estimate of drug-likeness (QED) is 0.621. The van der Waals surface area contributed by atoms with Gasteiger partial charge in [0.15, 0.2) is 0 Å². The number of hydrogen-bond acceptors (Lipinski definition) is 2. The van der Waals surface area contributed by atoms with E-state index in [1.165, 1.54) is 16.9 Å². The Morgan fingerprint density at radius 1 is 1.27 bits per heavy atom. The Bertz CT molecular complexity index is 332. The third-order valence-electron chi connectivity index (χ3n) is 2.66. The van der Waals surface area contributed by atoms with Crippen LogP contribution in [0.15, 0.2) is 46.9 Å². The van der Waals surface area contributed by atoms with E-state index in [1.807, 2.05) is 18.2 Å². The number of aliphatic hydroxyl groups is 1. The lowest BCUT2D eigenvalue weighted by atomic mass is 10.1. The standard InChI is InChI=1S/C13H16OS/c14-13(11-6-4-5-7-11)10-15-12-8-2-1-3-9-12/h1-3,6,8-9,13-14H,4-5,7,10H2. The zero-order valence-corrected chi connectivity index (χ0v) is 9.54. The second-order valence-electron chi connectivity index (χ2n) is 3.81. The Kier molecular flexibility index (Phi) is 3.87. The van der Waals surface area contributed by atoms with Gasteiger partial charge in [-0.25, -0.2) is 0 Å². The van der Waals surface area contributed by atoms with Gasteiger partial charge >= 0.3 is 0 Å². The molecule has 0 saturated carbocycles. The maximum absolute atomic E-state index is 9.92. The van der Waals surface area contributed by atoms with Crippen LogP contribution in [0.5, 0.6) is 0 Å². The minimum Gasteiger partial charge on any atom is -0.388 e. The molecule has 1 aliphatic rings. The molecule has 1 aromatic carbocycles. The second kappa shape index (κ2) is 5.38. The summed E-state index contributed by atoms with van der Waals surface area (Å²) in [6.07, 6.45) is 5.37. The van der Waals surface area contributed by atoms with E-state index in [0.29, 0.717) is 0 Å². The molecule has 1 atom stereocenters. The van der Waals surface area contributed by atoms with Crippen LogP contribution in [0.1, 0.15) is 19.3 Å². The van der Waals surface area contributed by atoms with Gasteiger partial charge in [0.05, 0.1) is 6.10 Å². The van der Waals surface area contributed by atoms with Crippen molar-refractivity contribution in [1.29, 1.82) is 0 Å². The summed E-state index contributed by atoms with van der Waals surface area (Å²) in [5.41, 5.74) is 1.23. The van der Waals surface area contributed by atoms with Crippen LogP contribution in [0, 0.1) is 0 Å². The molecule has 15 heavy (non-hydrogen) atoms. The van der Waals surface area contributed by atoms with Gasteiger partial charge in [-0.2, -0.15) is 0 Å². The molecule has 0 fully saturated rings. The van der Waals surface area contributed by atoms with Gasteiger partial charge in [-0.3, -0.25) is 0 Å². The maximum atomic E-state index is 9.92. The highest BCUT2D eigenvalue weighted by Crippen LogP contribution is 2.25. The van der Waals surface area contributed by atoms with Crippen LogP contribution in [0.2, 0.25) is 0 Å². The Balaban J connectivity index is 1.83. The van der Waals surface area contributed by atoms with Crippen LogP contribution in [0.3, 0.4) is 0 Å². The van der Waals surface area contributed by atoms with Crippen molar-refractivity contribution in [3.63, 3.8) is 0 Å². The number of hydrogen-bond donors (Lipinski definition) is 1. The summed E-state index contributed by atoms with van der Waals surface area (Å²) in [6, 6.07) is 10.2. The second-order valence-corrected chi connectivity index (χ2v) is 4.90. The molecule has 1 aromatic rings. The van der Waals surface area contributed by atoms with Crippen molar-refractivity contribution in [2.24, 2.45) is 0 Å². The van der Waals surface area contributed by atoms with Gasteiger partial charge in [0.1, 0.15) is 0 Å². The maximum Gasteiger partial charge on any atom is 0.0844 e. The summed E-state index contributed by atoms with van der Waals surface area (Å²) in [7, 11) is 0. The van der Waals surface area contributed by atoms with E-state index in [-0.39, 0.29) is 6.10 Å². The van der Waals surface area contributed by atoms with Gasteiger partial charge in [-0.05, 0) is 37.0 Å².